The number of benzene rings is 2. The molecule has 0 aliphatic carbocycles. The van der Waals surface area contributed by atoms with E-state index in [1.165, 1.54) is 5.01 Å². The number of para-hydroxylation sites is 1. The van der Waals surface area contributed by atoms with Crippen molar-refractivity contribution in [1.82, 2.24) is 15.9 Å². The Kier molecular flexibility index (Phi) is 4.48. The fourth-order valence-electron chi connectivity index (χ4n) is 2.79. The van der Waals surface area contributed by atoms with E-state index in [2.05, 4.69) is 16.3 Å². The molecule has 0 fully saturated rings. The Morgan fingerprint density at radius 1 is 1.17 bits per heavy atom. The molecular formula is C18H20N4O2. The first kappa shape index (κ1) is 16.0. The minimum absolute atomic E-state index is 0.0730. The molecule has 6 nitrogen and oxygen atoms in total. The molecule has 1 heterocycles. The Hall–Kier alpha value is -2.86. The third-order valence-electron chi connectivity index (χ3n) is 4.06. The third kappa shape index (κ3) is 3.23. The number of anilines is 1. The van der Waals surface area contributed by atoms with Gasteiger partial charge in [-0.3, -0.25) is 9.59 Å². The maximum absolute atomic E-state index is 12.4. The summed E-state index contributed by atoms with van der Waals surface area (Å²) in [6.07, 6.45) is 0. The normalized spacial score (nSPS) is 14.6. The standard InChI is InChI=1S/C18H20N4O2/c1-12-7-3-4-8-14(12)13(2)19-17(23)11-22-18(24)15-9-5-6-10-16(15)20-21-22/h3-10,13,20-21H,11H2,1-2H3,(H,19,23)/t13-/m0/s1. The Morgan fingerprint density at radius 2 is 1.88 bits per heavy atom. The number of aryl methyl sites for hydroxylation is 1. The van der Waals surface area contributed by atoms with Crippen LogP contribution in [0.1, 0.15) is 34.5 Å². The number of rotatable bonds is 4. The van der Waals surface area contributed by atoms with Gasteiger partial charge in [0.05, 0.1) is 17.3 Å². The second-order valence-electron chi connectivity index (χ2n) is 5.82. The smallest absolute Gasteiger partial charge is 0.272 e. The van der Waals surface area contributed by atoms with Gasteiger partial charge in [0.15, 0.2) is 0 Å². The van der Waals surface area contributed by atoms with E-state index >= 15 is 0 Å². The van der Waals surface area contributed by atoms with Crippen LogP contribution < -0.4 is 16.3 Å². The second kappa shape index (κ2) is 6.72. The van der Waals surface area contributed by atoms with E-state index in [0.717, 1.165) is 11.1 Å². The summed E-state index contributed by atoms with van der Waals surface area (Å²) >= 11 is 0. The van der Waals surface area contributed by atoms with Gasteiger partial charge in [-0.05, 0) is 37.1 Å². The molecule has 2 aromatic rings. The molecule has 3 N–H and O–H groups in total. The van der Waals surface area contributed by atoms with Gasteiger partial charge >= 0.3 is 0 Å². The molecular weight excluding hydrogens is 304 g/mol. The van der Waals surface area contributed by atoms with Crippen LogP contribution in [0.25, 0.3) is 0 Å². The lowest BCUT2D eigenvalue weighted by atomic mass is 10.0. The van der Waals surface area contributed by atoms with Crippen LogP contribution in [-0.4, -0.2) is 23.4 Å². The molecule has 0 spiro atoms. The zero-order valence-electron chi connectivity index (χ0n) is 13.7. The van der Waals surface area contributed by atoms with Crippen LogP contribution in [0.4, 0.5) is 5.69 Å². The van der Waals surface area contributed by atoms with Crippen LogP contribution >= 0.6 is 0 Å². The van der Waals surface area contributed by atoms with E-state index in [1.54, 1.807) is 18.2 Å². The van der Waals surface area contributed by atoms with Gasteiger partial charge < -0.3 is 10.7 Å². The molecule has 0 radical (unpaired) electrons. The number of nitrogens with one attached hydrogen (secondary N) is 3. The van der Waals surface area contributed by atoms with Crippen molar-refractivity contribution < 1.29 is 9.59 Å². The third-order valence-corrected chi connectivity index (χ3v) is 4.06. The first-order valence-corrected chi connectivity index (χ1v) is 7.83. The second-order valence-corrected chi connectivity index (χ2v) is 5.82. The van der Waals surface area contributed by atoms with Crippen molar-refractivity contribution in [2.75, 3.05) is 12.0 Å². The molecule has 2 aromatic carbocycles. The highest BCUT2D eigenvalue weighted by Crippen LogP contribution is 2.20. The van der Waals surface area contributed by atoms with Crippen molar-refractivity contribution in [3.05, 3.63) is 65.2 Å². The zero-order chi connectivity index (χ0) is 17.1. The molecule has 0 aromatic heterocycles. The predicted molar refractivity (Wildman–Crippen MR) is 92.0 cm³/mol. The lowest BCUT2D eigenvalue weighted by Crippen LogP contribution is -2.53. The Labute approximate surface area is 140 Å². The monoisotopic (exact) mass is 324 g/mol. The van der Waals surface area contributed by atoms with Crippen molar-refractivity contribution >= 4 is 17.5 Å². The predicted octanol–water partition coefficient (Wildman–Crippen LogP) is 2.16. The minimum atomic E-state index is -0.233. The average Bonchev–Trinajstić information content (AvgIpc) is 2.58. The number of carbonyl (C=O) groups is 2. The number of fused-ring (bicyclic) bond motifs is 1. The highest BCUT2D eigenvalue weighted by molar-refractivity contribution is 6.02. The van der Waals surface area contributed by atoms with Gasteiger partial charge in [-0.2, -0.15) is 0 Å². The summed E-state index contributed by atoms with van der Waals surface area (Å²) in [5.74, 6) is -0.462. The summed E-state index contributed by atoms with van der Waals surface area (Å²) in [6, 6.07) is 14.9. The van der Waals surface area contributed by atoms with Crippen LogP contribution in [0.15, 0.2) is 48.5 Å². The van der Waals surface area contributed by atoms with E-state index in [4.69, 9.17) is 0 Å². The summed E-state index contributed by atoms with van der Waals surface area (Å²) in [6.45, 7) is 3.87. The molecule has 0 saturated heterocycles. The van der Waals surface area contributed by atoms with Crippen molar-refractivity contribution in [1.29, 1.82) is 0 Å². The van der Waals surface area contributed by atoms with E-state index in [1.807, 2.05) is 44.2 Å². The number of hydrogen-bond donors (Lipinski definition) is 3. The summed E-state index contributed by atoms with van der Waals surface area (Å²) < 4.78 is 0. The van der Waals surface area contributed by atoms with Gasteiger partial charge in [-0.1, -0.05) is 36.4 Å². The highest BCUT2D eigenvalue weighted by Gasteiger charge is 2.25. The molecule has 3 rings (SSSR count). The van der Waals surface area contributed by atoms with Crippen LogP contribution in [0.2, 0.25) is 0 Å². The number of hydrazine groups is 2. The molecule has 0 unspecified atom stereocenters. The zero-order valence-corrected chi connectivity index (χ0v) is 13.7. The summed E-state index contributed by atoms with van der Waals surface area (Å²) in [5, 5.41) is 4.19. The maximum Gasteiger partial charge on any atom is 0.272 e. The summed E-state index contributed by atoms with van der Waals surface area (Å²) in [4.78, 5) is 24.7. The number of nitrogens with zero attached hydrogens (tertiary/aromatic N) is 1. The van der Waals surface area contributed by atoms with Gasteiger partial charge in [0.25, 0.3) is 5.91 Å². The van der Waals surface area contributed by atoms with Crippen molar-refractivity contribution in [2.24, 2.45) is 0 Å². The average molecular weight is 324 g/mol. The Balaban J connectivity index is 1.64. The highest BCUT2D eigenvalue weighted by atomic mass is 16.2. The molecule has 1 aliphatic heterocycles. The lowest BCUT2D eigenvalue weighted by molar-refractivity contribution is -0.123. The quantitative estimate of drug-likeness (QED) is 0.806. The first-order valence-electron chi connectivity index (χ1n) is 7.83. The van der Waals surface area contributed by atoms with Crippen molar-refractivity contribution in [2.45, 2.75) is 19.9 Å². The lowest BCUT2D eigenvalue weighted by Gasteiger charge is -2.30. The van der Waals surface area contributed by atoms with E-state index < -0.39 is 0 Å². The molecule has 6 heteroatoms. The van der Waals surface area contributed by atoms with E-state index in [-0.39, 0.29) is 24.4 Å². The van der Waals surface area contributed by atoms with Crippen molar-refractivity contribution in [3.63, 3.8) is 0 Å². The molecule has 0 bridgehead atoms. The molecule has 2 amide bonds. The molecule has 24 heavy (non-hydrogen) atoms. The SMILES string of the molecule is Cc1ccccc1[C@H](C)NC(=O)CN1NNc2ccccc2C1=O. The number of amides is 2. The fourth-order valence-corrected chi connectivity index (χ4v) is 2.79. The molecule has 1 atom stereocenters. The van der Waals surface area contributed by atoms with E-state index in [9.17, 15) is 9.59 Å². The largest absolute Gasteiger partial charge is 0.348 e. The fraction of sp³-hybridized carbons (Fsp3) is 0.222. The Bertz CT molecular complexity index is 775. The van der Waals surface area contributed by atoms with Gasteiger partial charge in [0.1, 0.15) is 6.54 Å². The number of hydrogen-bond acceptors (Lipinski definition) is 4. The molecule has 0 saturated carbocycles. The first-order chi connectivity index (χ1) is 11.6. The topological polar surface area (TPSA) is 73.5 Å². The van der Waals surface area contributed by atoms with Gasteiger partial charge in [0.2, 0.25) is 5.91 Å². The Morgan fingerprint density at radius 3 is 2.67 bits per heavy atom. The number of carbonyl (C=O) groups excluding carboxylic acids is 2. The minimum Gasteiger partial charge on any atom is -0.348 e. The van der Waals surface area contributed by atoms with Crippen molar-refractivity contribution in [3.8, 4) is 0 Å². The molecule has 1 aliphatic rings. The summed E-state index contributed by atoms with van der Waals surface area (Å²) in [5.41, 5.74) is 9.09. The van der Waals surface area contributed by atoms with Gasteiger partial charge in [-0.15, -0.1) is 5.53 Å². The van der Waals surface area contributed by atoms with Crippen LogP contribution in [0.5, 0.6) is 0 Å². The van der Waals surface area contributed by atoms with Crippen LogP contribution in [0.3, 0.4) is 0 Å². The summed E-state index contributed by atoms with van der Waals surface area (Å²) in [7, 11) is 0. The molecule has 124 valence electrons. The van der Waals surface area contributed by atoms with Gasteiger partial charge in [0, 0.05) is 0 Å². The van der Waals surface area contributed by atoms with Crippen LogP contribution in [0, 0.1) is 6.92 Å². The van der Waals surface area contributed by atoms with Gasteiger partial charge in [-0.25, -0.2) is 5.01 Å². The van der Waals surface area contributed by atoms with Crippen LogP contribution in [-0.2, 0) is 4.79 Å². The van der Waals surface area contributed by atoms with E-state index in [0.29, 0.717) is 11.3 Å². The maximum atomic E-state index is 12.4.